The van der Waals surface area contributed by atoms with Crippen molar-refractivity contribution in [1.82, 2.24) is 0 Å². The number of hydrogen-bond acceptors (Lipinski definition) is 3. The van der Waals surface area contributed by atoms with Gasteiger partial charge in [-0.3, -0.25) is 14.4 Å². The molecule has 0 bridgehead atoms. The SMILES string of the molecule is CC(C)(C)C(=O)O.CC(C)(C)C(=O)O.CC(C)(C)C(=O)O. The van der Waals surface area contributed by atoms with E-state index >= 15 is 0 Å². The Morgan fingerprint density at radius 3 is 0.524 bits per heavy atom. The van der Waals surface area contributed by atoms with E-state index in [0.717, 1.165) is 0 Å². The predicted molar refractivity (Wildman–Crippen MR) is 81.3 cm³/mol. The standard InChI is InChI=1S/3C5H10O2/c3*1-5(2,3)4(6)7/h3*1-3H3,(H,6,7). The summed E-state index contributed by atoms with van der Waals surface area (Å²) in [7, 11) is 0. The van der Waals surface area contributed by atoms with Gasteiger partial charge in [-0.2, -0.15) is 0 Å². The molecule has 126 valence electrons. The average Bonchev–Trinajstić information content (AvgIpc) is 2.14. The van der Waals surface area contributed by atoms with Crippen LogP contribution in [0.3, 0.4) is 0 Å². The second-order valence-corrected chi connectivity index (χ2v) is 7.67. The first-order valence-electron chi connectivity index (χ1n) is 6.53. The Morgan fingerprint density at radius 2 is 0.524 bits per heavy atom. The average molecular weight is 306 g/mol. The van der Waals surface area contributed by atoms with Gasteiger partial charge in [0.2, 0.25) is 0 Å². The Balaban J connectivity index is -0.000000231. The smallest absolute Gasteiger partial charge is 0.308 e. The molecule has 0 aromatic rings. The van der Waals surface area contributed by atoms with Crippen molar-refractivity contribution in [2.45, 2.75) is 62.3 Å². The summed E-state index contributed by atoms with van der Waals surface area (Å²) >= 11 is 0. The molecule has 0 aliphatic heterocycles. The van der Waals surface area contributed by atoms with E-state index in [-0.39, 0.29) is 0 Å². The molecule has 0 aromatic heterocycles. The van der Waals surface area contributed by atoms with Gasteiger partial charge >= 0.3 is 17.9 Å². The van der Waals surface area contributed by atoms with Crippen molar-refractivity contribution >= 4 is 17.9 Å². The largest absolute Gasteiger partial charge is 0.481 e. The number of aliphatic carboxylic acids is 3. The van der Waals surface area contributed by atoms with E-state index in [0.29, 0.717) is 0 Å². The molecule has 0 saturated carbocycles. The van der Waals surface area contributed by atoms with Crippen molar-refractivity contribution in [3.05, 3.63) is 0 Å². The van der Waals surface area contributed by atoms with Crippen LogP contribution in [0.25, 0.3) is 0 Å². The molecule has 0 rings (SSSR count). The van der Waals surface area contributed by atoms with E-state index in [1.807, 2.05) is 0 Å². The van der Waals surface area contributed by atoms with E-state index in [2.05, 4.69) is 0 Å². The van der Waals surface area contributed by atoms with Gasteiger partial charge in [0.05, 0.1) is 16.2 Å². The van der Waals surface area contributed by atoms with Crippen molar-refractivity contribution in [2.75, 3.05) is 0 Å². The monoisotopic (exact) mass is 306 g/mol. The van der Waals surface area contributed by atoms with Crippen molar-refractivity contribution in [3.63, 3.8) is 0 Å². The third-order valence-electron chi connectivity index (χ3n) is 1.92. The summed E-state index contributed by atoms with van der Waals surface area (Å²) in [5.74, 6) is -2.27. The van der Waals surface area contributed by atoms with Crippen LogP contribution in [0.15, 0.2) is 0 Å². The van der Waals surface area contributed by atoms with Gasteiger partial charge in [0, 0.05) is 0 Å². The molecule has 21 heavy (non-hydrogen) atoms. The molecule has 6 heteroatoms. The highest BCUT2D eigenvalue weighted by atomic mass is 16.4. The summed E-state index contributed by atoms with van der Waals surface area (Å²) in [6.07, 6.45) is 0. The second-order valence-electron chi connectivity index (χ2n) is 7.67. The minimum absolute atomic E-state index is 0.583. The van der Waals surface area contributed by atoms with Crippen LogP contribution in [0.5, 0.6) is 0 Å². The highest BCUT2D eigenvalue weighted by molar-refractivity contribution is 5.73. The molecule has 0 aliphatic rings. The van der Waals surface area contributed by atoms with Gasteiger partial charge in [0.15, 0.2) is 0 Å². The van der Waals surface area contributed by atoms with Crippen molar-refractivity contribution in [2.24, 2.45) is 16.2 Å². The number of hydrogen-bond donors (Lipinski definition) is 3. The molecule has 3 N–H and O–H groups in total. The quantitative estimate of drug-likeness (QED) is 0.632. The van der Waals surface area contributed by atoms with Crippen molar-refractivity contribution < 1.29 is 29.7 Å². The van der Waals surface area contributed by atoms with E-state index in [4.69, 9.17) is 15.3 Å². The highest BCUT2D eigenvalue weighted by Crippen LogP contribution is 2.12. The topological polar surface area (TPSA) is 112 Å². The minimum Gasteiger partial charge on any atom is -0.481 e. The maximum absolute atomic E-state index is 10.0. The maximum atomic E-state index is 10.0. The van der Waals surface area contributed by atoms with Gasteiger partial charge in [0.25, 0.3) is 0 Å². The fourth-order valence-electron chi connectivity index (χ4n) is 0. The molecular weight excluding hydrogens is 276 g/mol. The van der Waals surface area contributed by atoms with Crippen LogP contribution < -0.4 is 0 Å². The lowest BCUT2D eigenvalue weighted by atomic mass is 9.98. The fraction of sp³-hybridized carbons (Fsp3) is 0.800. The number of rotatable bonds is 0. The zero-order valence-electron chi connectivity index (χ0n) is 14.6. The summed E-state index contributed by atoms with van der Waals surface area (Å²) in [4.78, 5) is 30.1. The lowest BCUT2D eigenvalue weighted by molar-refractivity contribution is -0.146. The molecule has 0 fully saturated rings. The molecule has 0 atom stereocenters. The molecule has 6 nitrogen and oxygen atoms in total. The van der Waals surface area contributed by atoms with E-state index in [1.165, 1.54) is 0 Å². The molecule has 0 radical (unpaired) electrons. The molecular formula is C15H30O6. The lowest BCUT2D eigenvalue weighted by Crippen LogP contribution is -2.18. The summed E-state index contributed by atoms with van der Waals surface area (Å²) in [6.45, 7) is 15.0. The van der Waals surface area contributed by atoms with Crippen LogP contribution >= 0.6 is 0 Å². The van der Waals surface area contributed by atoms with Gasteiger partial charge in [-0.15, -0.1) is 0 Å². The van der Waals surface area contributed by atoms with Crippen LogP contribution in [0.2, 0.25) is 0 Å². The first-order valence-corrected chi connectivity index (χ1v) is 6.53. The fourth-order valence-corrected chi connectivity index (χ4v) is 0. The van der Waals surface area contributed by atoms with Crippen LogP contribution in [-0.4, -0.2) is 33.2 Å². The Kier molecular flexibility index (Phi) is 10.1. The maximum Gasteiger partial charge on any atom is 0.308 e. The van der Waals surface area contributed by atoms with Gasteiger partial charge in [-0.25, -0.2) is 0 Å². The zero-order chi connectivity index (χ0) is 18.2. The van der Waals surface area contributed by atoms with Gasteiger partial charge < -0.3 is 15.3 Å². The van der Waals surface area contributed by atoms with Crippen LogP contribution in [0.4, 0.5) is 0 Å². The summed E-state index contributed by atoms with van der Waals surface area (Å²) in [5, 5.41) is 24.8. The molecule has 0 aromatic carbocycles. The Labute approximate surface area is 127 Å². The summed E-state index contributed by atoms with van der Waals surface area (Å²) in [6, 6.07) is 0. The zero-order valence-corrected chi connectivity index (χ0v) is 14.6. The van der Waals surface area contributed by atoms with Crippen LogP contribution in [-0.2, 0) is 14.4 Å². The Bertz CT molecular complexity index is 293. The molecule has 0 heterocycles. The minimum atomic E-state index is -0.757. The highest BCUT2D eigenvalue weighted by Gasteiger charge is 2.19. The molecule has 0 unspecified atom stereocenters. The third kappa shape index (κ3) is 18.4. The summed E-state index contributed by atoms with van der Waals surface area (Å²) < 4.78 is 0. The van der Waals surface area contributed by atoms with Crippen molar-refractivity contribution in [3.8, 4) is 0 Å². The van der Waals surface area contributed by atoms with Gasteiger partial charge in [-0.05, 0) is 62.3 Å². The summed E-state index contributed by atoms with van der Waals surface area (Å²) in [5.41, 5.74) is -1.75. The van der Waals surface area contributed by atoms with E-state index in [1.54, 1.807) is 62.3 Å². The first-order chi connectivity index (χ1) is 8.83. The van der Waals surface area contributed by atoms with E-state index in [9.17, 15) is 14.4 Å². The predicted octanol–water partition coefficient (Wildman–Crippen LogP) is 3.35. The van der Waals surface area contributed by atoms with E-state index < -0.39 is 34.2 Å². The molecule has 0 amide bonds. The Hall–Kier alpha value is -1.59. The second kappa shape index (κ2) is 8.64. The molecule has 0 saturated heterocycles. The number of carbonyl (C=O) groups is 3. The van der Waals surface area contributed by atoms with Gasteiger partial charge in [0.1, 0.15) is 0 Å². The Morgan fingerprint density at radius 1 is 0.476 bits per heavy atom. The molecule has 0 aliphatic carbocycles. The molecule has 0 spiro atoms. The third-order valence-corrected chi connectivity index (χ3v) is 1.92. The van der Waals surface area contributed by atoms with Crippen molar-refractivity contribution in [1.29, 1.82) is 0 Å². The first kappa shape index (κ1) is 24.4. The van der Waals surface area contributed by atoms with Crippen LogP contribution in [0, 0.1) is 16.2 Å². The number of carboxylic acids is 3. The normalized spacial score (nSPS) is 11.3. The van der Waals surface area contributed by atoms with Crippen LogP contribution in [0.1, 0.15) is 62.3 Å². The lowest BCUT2D eigenvalue weighted by Gasteiger charge is -2.08. The van der Waals surface area contributed by atoms with Gasteiger partial charge in [-0.1, -0.05) is 0 Å². The number of carboxylic acid groups (broad SMARTS) is 3.